The molecule has 1 aliphatic heterocycles. The first-order valence-corrected chi connectivity index (χ1v) is 11.8. The van der Waals surface area contributed by atoms with Crippen molar-refractivity contribution in [2.75, 3.05) is 0 Å². The van der Waals surface area contributed by atoms with Gasteiger partial charge in [0, 0.05) is 12.1 Å². The van der Waals surface area contributed by atoms with E-state index in [0.717, 1.165) is 47.3 Å². The highest BCUT2D eigenvalue weighted by Crippen LogP contribution is 2.39. The first-order chi connectivity index (χ1) is 12.1. The number of hydrogen-bond acceptors (Lipinski definition) is 1. The zero-order chi connectivity index (χ0) is 20.0. The Morgan fingerprint density at radius 2 is 1.19 bits per heavy atom. The second-order valence-electron chi connectivity index (χ2n) is 10.7. The first-order valence-electron chi connectivity index (χ1n) is 11.8. The third-order valence-corrected chi connectivity index (χ3v) is 8.25. The van der Waals surface area contributed by atoms with Gasteiger partial charge in [-0.3, -0.25) is 0 Å². The van der Waals surface area contributed by atoms with Crippen LogP contribution in [0.15, 0.2) is 0 Å². The van der Waals surface area contributed by atoms with Crippen LogP contribution in [0.25, 0.3) is 0 Å². The molecule has 1 heteroatoms. The molecule has 1 fully saturated rings. The van der Waals surface area contributed by atoms with Crippen LogP contribution in [0.5, 0.6) is 0 Å². The third-order valence-electron chi connectivity index (χ3n) is 8.25. The molecule has 1 rings (SSSR count). The fraction of sp³-hybridized carbons (Fsp3) is 1.00. The normalized spacial score (nSPS) is 30.3. The fourth-order valence-corrected chi connectivity index (χ4v) is 5.55. The highest BCUT2D eigenvalue weighted by atomic mass is 15.0. The lowest BCUT2D eigenvalue weighted by atomic mass is 9.65. The van der Waals surface area contributed by atoms with Crippen LogP contribution in [0.2, 0.25) is 0 Å². The third kappa shape index (κ3) is 6.84. The van der Waals surface area contributed by atoms with Gasteiger partial charge in [0.05, 0.1) is 0 Å². The summed E-state index contributed by atoms with van der Waals surface area (Å²) < 4.78 is 0. The van der Waals surface area contributed by atoms with E-state index in [0.29, 0.717) is 12.1 Å². The molecule has 0 aromatic heterocycles. The molecule has 1 heterocycles. The Morgan fingerprint density at radius 3 is 1.69 bits per heavy atom. The molecule has 8 atom stereocenters. The van der Waals surface area contributed by atoms with Crippen molar-refractivity contribution in [1.29, 1.82) is 0 Å². The van der Waals surface area contributed by atoms with E-state index in [1.54, 1.807) is 0 Å². The molecule has 1 saturated heterocycles. The van der Waals surface area contributed by atoms with Crippen molar-refractivity contribution in [3.63, 3.8) is 0 Å². The predicted octanol–water partition coefficient (Wildman–Crippen LogP) is 7.41. The molecule has 1 nitrogen and oxygen atoms in total. The molecule has 0 aromatic rings. The Hall–Kier alpha value is -0.0400. The monoisotopic (exact) mass is 365 g/mol. The van der Waals surface area contributed by atoms with Crippen LogP contribution in [0.3, 0.4) is 0 Å². The number of hydrogen-bond donors (Lipinski definition) is 1. The summed E-state index contributed by atoms with van der Waals surface area (Å²) in [5.41, 5.74) is 0. The minimum Gasteiger partial charge on any atom is -0.311 e. The smallest absolute Gasteiger partial charge is 0.00870 e. The Morgan fingerprint density at radius 1 is 0.654 bits per heavy atom. The minimum atomic E-state index is 0.703. The SMILES string of the molecule is CC(C)CCCCC(C)C(C)CC(C)C(C)C(C)C(C)C1C(C)NC1C. The first kappa shape index (κ1) is 24.0. The van der Waals surface area contributed by atoms with Crippen LogP contribution in [-0.4, -0.2) is 12.1 Å². The summed E-state index contributed by atoms with van der Waals surface area (Å²) in [6.07, 6.45) is 7.06. The lowest BCUT2D eigenvalue weighted by molar-refractivity contribution is 0.0498. The summed E-state index contributed by atoms with van der Waals surface area (Å²) in [6.45, 7) is 24.5. The van der Waals surface area contributed by atoms with E-state index >= 15 is 0 Å². The van der Waals surface area contributed by atoms with Gasteiger partial charge in [-0.15, -0.1) is 0 Å². The van der Waals surface area contributed by atoms with Gasteiger partial charge in [-0.1, -0.05) is 81.1 Å². The van der Waals surface area contributed by atoms with Crippen molar-refractivity contribution in [1.82, 2.24) is 5.32 Å². The van der Waals surface area contributed by atoms with Crippen molar-refractivity contribution in [2.24, 2.45) is 47.3 Å². The molecule has 0 aliphatic carbocycles. The predicted molar refractivity (Wildman–Crippen MR) is 118 cm³/mol. The van der Waals surface area contributed by atoms with Gasteiger partial charge < -0.3 is 5.32 Å². The molecule has 1 aliphatic rings. The molecule has 26 heavy (non-hydrogen) atoms. The van der Waals surface area contributed by atoms with Gasteiger partial charge in [-0.25, -0.2) is 0 Å². The summed E-state index contributed by atoms with van der Waals surface area (Å²) in [7, 11) is 0. The molecule has 0 amide bonds. The van der Waals surface area contributed by atoms with E-state index in [1.807, 2.05) is 0 Å². The van der Waals surface area contributed by atoms with E-state index in [9.17, 15) is 0 Å². The maximum atomic E-state index is 3.64. The van der Waals surface area contributed by atoms with Crippen molar-refractivity contribution in [3.05, 3.63) is 0 Å². The number of nitrogens with one attached hydrogen (secondary N) is 1. The zero-order valence-electron chi connectivity index (χ0n) is 19.8. The van der Waals surface area contributed by atoms with Crippen molar-refractivity contribution in [3.8, 4) is 0 Å². The molecule has 8 unspecified atom stereocenters. The maximum absolute atomic E-state index is 3.64. The quantitative estimate of drug-likeness (QED) is 0.355. The van der Waals surface area contributed by atoms with Gasteiger partial charge >= 0.3 is 0 Å². The number of rotatable bonds is 12. The van der Waals surface area contributed by atoms with E-state index < -0.39 is 0 Å². The molecular weight excluding hydrogens is 314 g/mol. The topological polar surface area (TPSA) is 12.0 Å². The lowest BCUT2D eigenvalue weighted by Crippen LogP contribution is -2.61. The van der Waals surface area contributed by atoms with Crippen LogP contribution in [0.4, 0.5) is 0 Å². The van der Waals surface area contributed by atoms with Gasteiger partial charge in [0.1, 0.15) is 0 Å². The second-order valence-corrected chi connectivity index (χ2v) is 10.7. The number of unbranched alkanes of at least 4 members (excludes halogenated alkanes) is 1. The van der Waals surface area contributed by atoms with E-state index in [2.05, 4.69) is 74.6 Å². The largest absolute Gasteiger partial charge is 0.311 e. The summed E-state index contributed by atoms with van der Waals surface area (Å²) >= 11 is 0. The van der Waals surface area contributed by atoms with Crippen LogP contribution in [0.1, 0.15) is 101 Å². The summed E-state index contributed by atoms with van der Waals surface area (Å²) in [5.74, 6) is 6.75. The molecule has 0 radical (unpaired) electrons. The Kier molecular flexibility index (Phi) is 10.2. The zero-order valence-corrected chi connectivity index (χ0v) is 19.8. The molecule has 0 aromatic carbocycles. The lowest BCUT2D eigenvalue weighted by Gasteiger charge is -2.49. The van der Waals surface area contributed by atoms with Gasteiger partial charge in [0.2, 0.25) is 0 Å². The molecular formula is C25H51N. The Bertz CT molecular complexity index is 368. The van der Waals surface area contributed by atoms with Crippen LogP contribution in [-0.2, 0) is 0 Å². The molecule has 0 saturated carbocycles. The average Bonchev–Trinajstić information content (AvgIpc) is 2.56. The second kappa shape index (κ2) is 11.1. The summed E-state index contributed by atoms with van der Waals surface area (Å²) in [5, 5.41) is 3.64. The Labute approximate surface area is 166 Å². The van der Waals surface area contributed by atoms with Crippen molar-refractivity contribution >= 4 is 0 Å². The van der Waals surface area contributed by atoms with Crippen LogP contribution >= 0.6 is 0 Å². The highest BCUT2D eigenvalue weighted by Gasteiger charge is 2.41. The van der Waals surface area contributed by atoms with Gasteiger partial charge in [-0.05, 0) is 67.6 Å². The molecule has 1 N–H and O–H groups in total. The molecule has 156 valence electrons. The minimum absolute atomic E-state index is 0.703. The average molecular weight is 366 g/mol. The summed E-state index contributed by atoms with van der Waals surface area (Å²) in [6, 6.07) is 1.41. The maximum Gasteiger partial charge on any atom is 0.00870 e. The van der Waals surface area contributed by atoms with Gasteiger partial charge in [0.15, 0.2) is 0 Å². The Balaban J connectivity index is 2.40. The van der Waals surface area contributed by atoms with Gasteiger partial charge in [0.25, 0.3) is 0 Å². The van der Waals surface area contributed by atoms with Crippen LogP contribution in [0, 0.1) is 47.3 Å². The fourth-order valence-electron chi connectivity index (χ4n) is 5.55. The van der Waals surface area contributed by atoms with Crippen LogP contribution < -0.4 is 5.32 Å². The van der Waals surface area contributed by atoms with E-state index in [4.69, 9.17) is 0 Å². The van der Waals surface area contributed by atoms with E-state index in [-0.39, 0.29) is 0 Å². The standard InChI is InChI=1S/C25H51N/c1-16(2)13-11-12-14-17(3)18(4)15-19(5)20(6)21(7)22(8)25-23(9)26-24(25)10/h16-26H,11-15H2,1-10H3. The van der Waals surface area contributed by atoms with E-state index in [1.165, 1.54) is 32.1 Å². The van der Waals surface area contributed by atoms with Crippen molar-refractivity contribution < 1.29 is 0 Å². The summed E-state index contributed by atoms with van der Waals surface area (Å²) in [4.78, 5) is 0. The van der Waals surface area contributed by atoms with Gasteiger partial charge in [-0.2, -0.15) is 0 Å². The van der Waals surface area contributed by atoms with Crippen molar-refractivity contribution in [2.45, 2.75) is 113 Å². The highest BCUT2D eigenvalue weighted by molar-refractivity contribution is 4.96. The molecule has 0 spiro atoms. The molecule has 0 bridgehead atoms.